The van der Waals surface area contributed by atoms with E-state index < -0.39 is 0 Å². The molecule has 3 heteroatoms. The molecule has 0 spiro atoms. The quantitative estimate of drug-likeness (QED) is 0.892. The van der Waals surface area contributed by atoms with Crippen molar-refractivity contribution in [2.75, 3.05) is 0 Å². The van der Waals surface area contributed by atoms with E-state index in [2.05, 4.69) is 22.9 Å². The summed E-state index contributed by atoms with van der Waals surface area (Å²) in [6.07, 6.45) is 0.936. The van der Waals surface area contributed by atoms with E-state index in [0.717, 1.165) is 28.0 Å². The van der Waals surface area contributed by atoms with Crippen molar-refractivity contribution >= 4 is 15.9 Å². The minimum atomic E-state index is 0.102. The molecule has 2 rings (SSSR count). The molecule has 1 atom stereocenters. The van der Waals surface area contributed by atoms with Gasteiger partial charge in [-0.1, -0.05) is 41.1 Å². The Labute approximate surface area is 116 Å². The predicted octanol–water partition coefficient (Wildman–Crippen LogP) is 4.65. The highest BCUT2D eigenvalue weighted by Gasteiger charge is 2.03. The second-order valence-corrected chi connectivity index (χ2v) is 5.06. The largest absolute Gasteiger partial charge is 0.457 e. The smallest absolute Gasteiger partial charge is 0.128 e. The molecule has 0 saturated carbocycles. The summed E-state index contributed by atoms with van der Waals surface area (Å²) in [4.78, 5) is 0. The Morgan fingerprint density at radius 3 is 2.44 bits per heavy atom. The zero-order chi connectivity index (χ0) is 13.0. The molecular weight excluding hydrogens is 290 g/mol. The van der Waals surface area contributed by atoms with Gasteiger partial charge in [-0.2, -0.15) is 0 Å². The predicted molar refractivity (Wildman–Crippen MR) is 77.9 cm³/mol. The van der Waals surface area contributed by atoms with Gasteiger partial charge in [0.1, 0.15) is 11.5 Å². The summed E-state index contributed by atoms with van der Waals surface area (Å²) in [6.45, 7) is 2.08. The Bertz CT molecular complexity index is 510. The molecule has 0 aliphatic rings. The van der Waals surface area contributed by atoms with Crippen LogP contribution in [0.25, 0.3) is 0 Å². The van der Waals surface area contributed by atoms with Crippen LogP contribution >= 0.6 is 15.9 Å². The normalized spacial score (nSPS) is 12.2. The number of halogens is 1. The number of nitrogens with two attached hydrogens (primary N) is 1. The molecule has 0 aliphatic carbocycles. The lowest BCUT2D eigenvalue weighted by molar-refractivity contribution is 0.482. The number of hydrogen-bond acceptors (Lipinski definition) is 2. The molecule has 0 aliphatic heterocycles. The lowest BCUT2D eigenvalue weighted by Crippen LogP contribution is -2.07. The second-order valence-electron chi connectivity index (χ2n) is 4.14. The standard InChI is InChI=1S/C15H16BrNO/c1-2-15(17)11-6-8-13(9-7-11)18-14-5-3-4-12(16)10-14/h3-10,15H,2,17H2,1H3/t15-/m1/s1. The van der Waals surface area contributed by atoms with E-state index in [1.807, 2.05) is 48.5 Å². The van der Waals surface area contributed by atoms with Crippen LogP contribution in [0.4, 0.5) is 0 Å². The van der Waals surface area contributed by atoms with Gasteiger partial charge >= 0.3 is 0 Å². The minimum absolute atomic E-state index is 0.102. The first-order chi connectivity index (χ1) is 8.69. The molecule has 0 unspecified atom stereocenters. The molecule has 94 valence electrons. The van der Waals surface area contributed by atoms with Gasteiger partial charge in [0.15, 0.2) is 0 Å². The lowest BCUT2D eigenvalue weighted by atomic mass is 10.1. The average Bonchev–Trinajstić information content (AvgIpc) is 2.39. The van der Waals surface area contributed by atoms with E-state index in [1.165, 1.54) is 0 Å². The Morgan fingerprint density at radius 2 is 1.83 bits per heavy atom. The Balaban J connectivity index is 2.11. The van der Waals surface area contributed by atoms with Gasteiger partial charge in [-0.15, -0.1) is 0 Å². The van der Waals surface area contributed by atoms with Crippen molar-refractivity contribution < 1.29 is 4.74 Å². The molecule has 0 aromatic heterocycles. The molecule has 2 aromatic carbocycles. The maximum Gasteiger partial charge on any atom is 0.128 e. The van der Waals surface area contributed by atoms with Gasteiger partial charge < -0.3 is 10.5 Å². The van der Waals surface area contributed by atoms with Crippen molar-refractivity contribution in [2.45, 2.75) is 19.4 Å². The molecule has 2 nitrogen and oxygen atoms in total. The van der Waals surface area contributed by atoms with Crippen LogP contribution in [-0.2, 0) is 0 Å². The SMILES string of the molecule is CC[C@@H](N)c1ccc(Oc2cccc(Br)c2)cc1. The van der Waals surface area contributed by atoms with Crippen molar-refractivity contribution in [3.05, 3.63) is 58.6 Å². The monoisotopic (exact) mass is 305 g/mol. The molecule has 0 saturated heterocycles. The average molecular weight is 306 g/mol. The van der Waals surface area contributed by atoms with Crippen molar-refractivity contribution in [3.8, 4) is 11.5 Å². The molecule has 0 bridgehead atoms. The highest BCUT2D eigenvalue weighted by atomic mass is 79.9. The second kappa shape index (κ2) is 6.03. The first-order valence-electron chi connectivity index (χ1n) is 5.98. The molecule has 0 amide bonds. The molecular formula is C15H16BrNO. The Hall–Kier alpha value is -1.32. The van der Waals surface area contributed by atoms with Crippen molar-refractivity contribution in [1.29, 1.82) is 0 Å². The third-order valence-corrected chi connectivity index (χ3v) is 3.27. The Kier molecular flexibility index (Phi) is 4.39. The number of benzene rings is 2. The zero-order valence-electron chi connectivity index (χ0n) is 10.3. The van der Waals surface area contributed by atoms with E-state index >= 15 is 0 Å². The summed E-state index contributed by atoms with van der Waals surface area (Å²) < 4.78 is 6.76. The van der Waals surface area contributed by atoms with E-state index in [1.54, 1.807) is 0 Å². The fraction of sp³-hybridized carbons (Fsp3) is 0.200. The molecule has 0 heterocycles. The van der Waals surface area contributed by atoms with Crippen LogP contribution in [0.1, 0.15) is 24.9 Å². The summed E-state index contributed by atoms with van der Waals surface area (Å²) in [5, 5.41) is 0. The van der Waals surface area contributed by atoms with Gasteiger partial charge in [0.25, 0.3) is 0 Å². The third-order valence-electron chi connectivity index (χ3n) is 2.78. The van der Waals surface area contributed by atoms with Crippen LogP contribution in [-0.4, -0.2) is 0 Å². The molecule has 0 fully saturated rings. The van der Waals surface area contributed by atoms with Crippen LogP contribution in [0.2, 0.25) is 0 Å². The zero-order valence-corrected chi connectivity index (χ0v) is 11.9. The van der Waals surface area contributed by atoms with Gasteiger partial charge in [0.05, 0.1) is 0 Å². The van der Waals surface area contributed by atoms with Gasteiger partial charge in [-0.05, 0) is 42.3 Å². The van der Waals surface area contributed by atoms with Crippen LogP contribution in [0.3, 0.4) is 0 Å². The Morgan fingerprint density at radius 1 is 1.11 bits per heavy atom. The fourth-order valence-electron chi connectivity index (χ4n) is 1.69. The maximum absolute atomic E-state index is 5.97. The van der Waals surface area contributed by atoms with Crippen molar-refractivity contribution in [1.82, 2.24) is 0 Å². The summed E-state index contributed by atoms with van der Waals surface area (Å²) in [5.41, 5.74) is 7.11. The molecule has 2 aromatic rings. The van der Waals surface area contributed by atoms with Gasteiger partial charge in [-0.3, -0.25) is 0 Å². The summed E-state index contributed by atoms with van der Waals surface area (Å²) in [5.74, 6) is 1.64. The lowest BCUT2D eigenvalue weighted by Gasteiger charge is -2.10. The van der Waals surface area contributed by atoms with Gasteiger partial charge in [-0.25, -0.2) is 0 Å². The highest BCUT2D eigenvalue weighted by molar-refractivity contribution is 9.10. The summed E-state index contributed by atoms with van der Waals surface area (Å²) in [7, 11) is 0. The van der Waals surface area contributed by atoms with Gasteiger partial charge in [0.2, 0.25) is 0 Å². The highest BCUT2D eigenvalue weighted by Crippen LogP contribution is 2.25. The minimum Gasteiger partial charge on any atom is -0.457 e. The maximum atomic E-state index is 5.97. The summed E-state index contributed by atoms with van der Waals surface area (Å²) in [6, 6.07) is 15.8. The first kappa shape index (κ1) is 13.1. The molecule has 0 radical (unpaired) electrons. The number of hydrogen-bond donors (Lipinski definition) is 1. The summed E-state index contributed by atoms with van der Waals surface area (Å²) >= 11 is 3.42. The fourth-order valence-corrected chi connectivity index (χ4v) is 2.06. The third kappa shape index (κ3) is 3.34. The molecule has 2 N–H and O–H groups in total. The van der Waals surface area contributed by atoms with Crippen LogP contribution < -0.4 is 10.5 Å². The first-order valence-corrected chi connectivity index (χ1v) is 6.77. The van der Waals surface area contributed by atoms with Crippen molar-refractivity contribution in [3.63, 3.8) is 0 Å². The van der Waals surface area contributed by atoms with E-state index in [-0.39, 0.29) is 6.04 Å². The van der Waals surface area contributed by atoms with E-state index in [4.69, 9.17) is 10.5 Å². The van der Waals surface area contributed by atoms with Crippen molar-refractivity contribution in [2.24, 2.45) is 5.73 Å². The van der Waals surface area contributed by atoms with Gasteiger partial charge in [0, 0.05) is 10.5 Å². The molecule has 18 heavy (non-hydrogen) atoms. The van der Waals surface area contributed by atoms with E-state index in [0.29, 0.717) is 0 Å². The number of ether oxygens (including phenoxy) is 1. The topological polar surface area (TPSA) is 35.2 Å². The van der Waals surface area contributed by atoms with Crippen LogP contribution in [0.5, 0.6) is 11.5 Å². The van der Waals surface area contributed by atoms with Crippen LogP contribution in [0.15, 0.2) is 53.0 Å². The van der Waals surface area contributed by atoms with E-state index in [9.17, 15) is 0 Å². The van der Waals surface area contributed by atoms with Crippen LogP contribution in [0, 0.1) is 0 Å². The number of rotatable bonds is 4.